The van der Waals surface area contributed by atoms with Crippen molar-refractivity contribution in [2.24, 2.45) is 5.73 Å². The highest BCUT2D eigenvalue weighted by atomic mass is 19.3. The van der Waals surface area contributed by atoms with E-state index in [0.717, 1.165) is 0 Å². The first-order valence-corrected chi connectivity index (χ1v) is 8.00. The second-order valence-electron chi connectivity index (χ2n) is 6.18. The molecule has 4 atom stereocenters. The van der Waals surface area contributed by atoms with Crippen LogP contribution in [0.5, 0.6) is 0 Å². The number of halogens is 2. The van der Waals surface area contributed by atoms with Gasteiger partial charge in [-0.3, -0.25) is 9.88 Å². The van der Waals surface area contributed by atoms with Crippen LogP contribution in [0.3, 0.4) is 0 Å². The molecule has 0 aromatic carbocycles. The number of likely N-dealkylation sites (N-methyl/N-ethyl adjacent to an activating group) is 1. The number of nitrogens with two attached hydrogens (primary N) is 2. The molecule has 7 N–H and O–H groups in total. The van der Waals surface area contributed by atoms with E-state index in [0.29, 0.717) is 0 Å². The molecule has 0 spiro atoms. The Morgan fingerprint density at radius 2 is 2.12 bits per heavy atom. The molecular formula is C14H21F2N7O3. The van der Waals surface area contributed by atoms with E-state index >= 15 is 0 Å². The number of aliphatic hydroxyl groups is 2. The van der Waals surface area contributed by atoms with Gasteiger partial charge in [-0.05, 0) is 13.5 Å². The second kappa shape index (κ2) is 6.63. The minimum Gasteiger partial charge on any atom is -0.387 e. The van der Waals surface area contributed by atoms with Crippen molar-refractivity contribution in [3.05, 3.63) is 12.7 Å². The Hall–Kier alpha value is -1.99. The Labute approximate surface area is 147 Å². The third kappa shape index (κ3) is 2.89. The van der Waals surface area contributed by atoms with Gasteiger partial charge in [0, 0.05) is 6.42 Å². The first kappa shape index (κ1) is 18.8. The van der Waals surface area contributed by atoms with Crippen molar-refractivity contribution in [1.29, 1.82) is 0 Å². The van der Waals surface area contributed by atoms with Crippen LogP contribution in [0.2, 0.25) is 0 Å². The lowest BCUT2D eigenvalue weighted by atomic mass is 10.0. The maximum absolute atomic E-state index is 13.4. The quantitative estimate of drug-likeness (QED) is 0.416. The van der Waals surface area contributed by atoms with Crippen LogP contribution in [0.25, 0.3) is 11.2 Å². The summed E-state index contributed by atoms with van der Waals surface area (Å²) in [6, 6.07) is 0. The van der Waals surface area contributed by atoms with Gasteiger partial charge in [0.25, 0.3) is 5.92 Å². The molecule has 0 radical (unpaired) electrons. The lowest BCUT2D eigenvalue weighted by Crippen LogP contribution is -2.54. The standard InChI is InChI=1S/C14H21F2N7O3/c1-19-14(23-6-22-8-11(18)20-5-21-12(8)23)10(25)9(24)7(26-14)2-3-13(15,16)4-17/h5-7,9-10,19,24-25H,2-4,17H2,1H3,(H2,18,20,21)/t7-,9-,10-,14+/m1/s1. The molecule has 2 aromatic rings. The molecule has 0 unspecified atom stereocenters. The molecule has 26 heavy (non-hydrogen) atoms. The van der Waals surface area contributed by atoms with Crippen LogP contribution in [-0.2, 0) is 10.6 Å². The second-order valence-corrected chi connectivity index (χ2v) is 6.18. The molecule has 0 saturated carbocycles. The van der Waals surface area contributed by atoms with Gasteiger partial charge in [-0.2, -0.15) is 0 Å². The van der Waals surface area contributed by atoms with E-state index in [1.165, 1.54) is 24.3 Å². The van der Waals surface area contributed by atoms with Gasteiger partial charge in [0.1, 0.15) is 30.4 Å². The number of anilines is 1. The maximum Gasteiger partial charge on any atom is 0.260 e. The zero-order valence-electron chi connectivity index (χ0n) is 14.0. The van der Waals surface area contributed by atoms with Crippen LogP contribution in [0, 0.1) is 0 Å². The van der Waals surface area contributed by atoms with Crippen LogP contribution in [0.1, 0.15) is 12.8 Å². The molecule has 1 aliphatic heterocycles. The molecule has 1 aliphatic rings. The normalized spacial score (nSPS) is 29.5. The minimum atomic E-state index is -3.08. The fourth-order valence-electron chi connectivity index (χ4n) is 3.11. The van der Waals surface area contributed by atoms with Gasteiger partial charge in [-0.1, -0.05) is 0 Å². The van der Waals surface area contributed by atoms with Crippen molar-refractivity contribution < 1.29 is 23.7 Å². The predicted molar refractivity (Wildman–Crippen MR) is 86.9 cm³/mol. The van der Waals surface area contributed by atoms with E-state index in [2.05, 4.69) is 20.3 Å². The highest BCUT2D eigenvalue weighted by Gasteiger charge is 2.55. The molecule has 0 aliphatic carbocycles. The average Bonchev–Trinajstić information content (AvgIpc) is 3.16. The molecule has 3 rings (SSSR count). The van der Waals surface area contributed by atoms with Gasteiger partial charge in [-0.25, -0.2) is 23.7 Å². The van der Waals surface area contributed by atoms with Gasteiger partial charge in [0.2, 0.25) is 5.85 Å². The van der Waals surface area contributed by atoms with Gasteiger partial charge in [0.15, 0.2) is 11.5 Å². The van der Waals surface area contributed by atoms with Crippen LogP contribution in [0.15, 0.2) is 12.7 Å². The number of hydrogen-bond donors (Lipinski definition) is 5. The van der Waals surface area contributed by atoms with Crippen molar-refractivity contribution >= 4 is 17.0 Å². The summed E-state index contributed by atoms with van der Waals surface area (Å²) in [6.45, 7) is -0.808. The summed E-state index contributed by atoms with van der Waals surface area (Å²) < 4.78 is 34.0. The van der Waals surface area contributed by atoms with Crippen LogP contribution >= 0.6 is 0 Å². The summed E-state index contributed by atoms with van der Waals surface area (Å²) in [6.07, 6.45) is -2.18. The van der Waals surface area contributed by atoms with Crippen LogP contribution in [-0.4, -0.2) is 67.6 Å². The summed E-state index contributed by atoms with van der Waals surface area (Å²) in [5.41, 5.74) is 11.3. The number of rotatable bonds is 6. The number of aromatic nitrogens is 4. The summed E-state index contributed by atoms with van der Waals surface area (Å²) >= 11 is 0. The highest BCUT2D eigenvalue weighted by Crippen LogP contribution is 2.38. The molecule has 12 heteroatoms. The number of nitrogen functional groups attached to an aromatic ring is 1. The van der Waals surface area contributed by atoms with Gasteiger partial charge in [-0.15, -0.1) is 0 Å². The number of nitrogens with zero attached hydrogens (tertiary/aromatic N) is 4. The number of aliphatic hydroxyl groups excluding tert-OH is 2. The number of imidazole rings is 1. The number of nitrogens with one attached hydrogen (secondary N) is 1. The van der Waals surface area contributed by atoms with E-state index in [9.17, 15) is 19.0 Å². The molecular weight excluding hydrogens is 352 g/mol. The summed E-state index contributed by atoms with van der Waals surface area (Å²) in [4.78, 5) is 12.0. The van der Waals surface area contributed by atoms with E-state index in [1.807, 2.05) is 0 Å². The lowest BCUT2D eigenvalue weighted by molar-refractivity contribution is -0.162. The van der Waals surface area contributed by atoms with Crippen molar-refractivity contribution in [2.75, 3.05) is 19.3 Å². The molecule has 10 nitrogen and oxygen atoms in total. The maximum atomic E-state index is 13.4. The van der Waals surface area contributed by atoms with E-state index < -0.39 is 43.0 Å². The Balaban J connectivity index is 1.94. The number of hydrogen-bond acceptors (Lipinski definition) is 9. The van der Waals surface area contributed by atoms with Crippen molar-refractivity contribution in [3.8, 4) is 0 Å². The molecule has 1 fully saturated rings. The third-order valence-corrected chi connectivity index (χ3v) is 4.61. The van der Waals surface area contributed by atoms with Crippen molar-refractivity contribution in [3.63, 3.8) is 0 Å². The lowest BCUT2D eigenvalue weighted by Gasteiger charge is -2.33. The van der Waals surface area contributed by atoms with E-state index in [-0.39, 0.29) is 23.4 Å². The molecule has 144 valence electrons. The molecule has 0 bridgehead atoms. The molecule has 3 heterocycles. The molecule has 0 amide bonds. The fraction of sp³-hybridized carbons (Fsp3) is 0.643. The number of ether oxygens (including phenoxy) is 1. The first-order chi connectivity index (χ1) is 12.3. The van der Waals surface area contributed by atoms with E-state index in [4.69, 9.17) is 16.2 Å². The Morgan fingerprint density at radius 1 is 1.38 bits per heavy atom. The first-order valence-electron chi connectivity index (χ1n) is 8.00. The van der Waals surface area contributed by atoms with Crippen molar-refractivity contribution in [1.82, 2.24) is 24.8 Å². The monoisotopic (exact) mass is 373 g/mol. The number of alkyl halides is 2. The topological polar surface area (TPSA) is 157 Å². The van der Waals surface area contributed by atoms with Gasteiger partial charge in [0.05, 0.1) is 12.6 Å². The summed E-state index contributed by atoms with van der Waals surface area (Å²) in [5.74, 6) is -4.60. The average molecular weight is 373 g/mol. The van der Waals surface area contributed by atoms with Gasteiger partial charge >= 0.3 is 0 Å². The Kier molecular flexibility index (Phi) is 4.79. The minimum absolute atomic E-state index is 0.132. The SMILES string of the molecule is CN[C@@]1(n2cnc3c(N)ncnc32)O[C@H](CCC(F)(F)CN)[C@@H](O)[C@H]1O. The van der Waals surface area contributed by atoms with Crippen LogP contribution in [0.4, 0.5) is 14.6 Å². The largest absolute Gasteiger partial charge is 0.387 e. The Morgan fingerprint density at radius 3 is 2.77 bits per heavy atom. The highest BCUT2D eigenvalue weighted by molar-refractivity contribution is 5.81. The summed E-state index contributed by atoms with van der Waals surface area (Å²) in [5, 5.41) is 23.7. The van der Waals surface area contributed by atoms with Crippen LogP contribution < -0.4 is 16.8 Å². The zero-order valence-corrected chi connectivity index (χ0v) is 14.0. The molecule has 2 aromatic heterocycles. The third-order valence-electron chi connectivity index (χ3n) is 4.61. The van der Waals surface area contributed by atoms with Gasteiger partial charge < -0.3 is 26.4 Å². The predicted octanol–water partition coefficient (Wildman–Crippen LogP) is -1.27. The van der Waals surface area contributed by atoms with E-state index in [1.54, 1.807) is 0 Å². The fourth-order valence-corrected chi connectivity index (χ4v) is 3.11. The smallest absolute Gasteiger partial charge is 0.260 e. The molecule has 1 saturated heterocycles. The van der Waals surface area contributed by atoms with Crippen molar-refractivity contribution in [2.45, 2.75) is 42.9 Å². The summed E-state index contributed by atoms with van der Waals surface area (Å²) in [7, 11) is 1.49. The Bertz CT molecular complexity index is 789. The number of fused-ring (bicyclic) bond motifs is 1. The zero-order chi connectivity index (χ0) is 19.1.